The molecule has 1 aliphatic heterocycles. The fraction of sp³-hybridized carbons (Fsp3) is 0.360. The normalized spacial score (nSPS) is 19.4. The largest absolute Gasteiger partial charge is 0.373 e. The van der Waals surface area contributed by atoms with Crippen molar-refractivity contribution in [3.05, 3.63) is 54.0 Å². The molecule has 2 atom stereocenters. The van der Waals surface area contributed by atoms with Crippen molar-refractivity contribution >= 4 is 28.7 Å². The predicted octanol–water partition coefficient (Wildman–Crippen LogP) is 2.41. The molecule has 180 valence electrons. The molecule has 0 spiro atoms. The first kappa shape index (κ1) is 22.7. The number of nitrogens with two attached hydrogens (primary N) is 1. The van der Waals surface area contributed by atoms with E-state index in [4.69, 9.17) is 5.73 Å². The zero-order chi connectivity index (χ0) is 24.7. The van der Waals surface area contributed by atoms with Crippen molar-refractivity contribution in [3.63, 3.8) is 0 Å². The van der Waals surface area contributed by atoms with Gasteiger partial charge in [0.05, 0.1) is 29.4 Å². The maximum absolute atomic E-state index is 13.6. The van der Waals surface area contributed by atoms with Crippen LogP contribution in [0, 0.1) is 11.8 Å². The van der Waals surface area contributed by atoms with Gasteiger partial charge in [-0.15, -0.1) is 0 Å². The second-order valence-electron chi connectivity index (χ2n) is 8.86. The van der Waals surface area contributed by atoms with Gasteiger partial charge in [0.15, 0.2) is 5.69 Å². The number of aromatic nitrogens is 4. The Bertz CT molecular complexity index is 1390. The van der Waals surface area contributed by atoms with Crippen LogP contribution in [0.25, 0.3) is 11.0 Å². The number of imidazole rings is 1. The Morgan fingerprint density at radius 1 is 1.31 bits per heavy atom. The number of halogens is 1. The number of carbonyl (C=O) groups is 2. The summed E-state index contributed by atoms with van der Waals surface area (Å²) in [5.74, 6) is 5.41. The molecule has 10 heteroatoms. The van der Waals surface area contributed by atoms with Gasteiger partial charge >= 0.3 is 0 Å². The minimum absolute atomic E-state index is 0.157. The third-order valence-corrected chi connectivity index (χ3v) is 6.61. The molecule has 2 amide bonds. The average molecular weight is 476 g/mol. The summed E-state index contributed by atoms with van der Waals surface area (Å²) in [6.45, 7) is 3.06. The molecule has 2 aliphatic rings. The zero-order valence-electron chi connectivity index (χ0n) is 19.4. The van der Waals surface area contributed by atoms with Crippen molar-refractivity contribution < 1.29 is 14.0 Å². The predicted molar refractivity (Wildman–Crippen MR) is 130 cm³/mol. The van der Waals surface area contributed by atoms with Gasteiger partial charge < -0.3 is 20.5 Å². The Morgan fingerprint density at radius 3 is 2.77 bits per heavy atom. The number of carbonyl (C=O) groups excluding carboxylic acids is 2. The summed E-state index contributed by atoms with van der Waals surface area (Å²) in [7, 11) is 1.65. The lowest BCUT2D eigenvalue weighted by Gasteiger charge is -2.20. The number of hydrogen-bond acceptors (Lipinski definition) is 5. The highest BCUT2D eigenvalue weighted by Crippen LogP contribution is 2.37. The molecule has 0 bridgehead atoms. The van der Waals surface area contributed by atoms with Crippen LogP contribution in [0.1, 0.15) is 53.0 Å². The second kappa shape index (κ2) is 8.91. The minimum atomic E-state index is -0.680. The molecule has 0 unspecified atom stereocenters. The molecule has 1 saturated heterocycles. The lowest BCUT2D eigenvalue weighted by Crippen LogP contribution is -2.35. The van der Waals surface area contributed by atoms with Gasteiger partial charge in [0.25, 0.3) is 5.91 Å². The molecule has 3 N–H and O–H groups in total. The molecule has 0 radical (unpaired) electrons. The van der Waals surface area contributed by atoms with Crippen molar-refractivity contribution in [1.82, 2.24) is 24.2 Å². The third kappa shape index (κ3) is 4.03. The van der Waals surface area contributed by atoms with E-state index in [1.807, 2.05) is 24.5 Å². The Hall–Kier alpha value is -4.13. The summed E-state index contributed by atoms with van der Waals surface area (Å²) in [6.07, 6.45) is 5.72. The lowest BCUT2D eigenvalue weighted by molar-refractivity contribution is -0.127. The van der Waals surface area contributed by atoms with Gasteiger partial charge in [-0.05, 0) is 49.5 Å². The van der Waals surface area contributed by atoms with E-state index in [0.29, 0.717) is 18.3 Å². The fourth-order valence-corrected chi connectivity index (χ4v) is 4.75. The van der Waals surface area contributed by atoms with Crippen LogP contribution in [0.4, 0.5) is 10.2 Å². The van der Waals surface area contributed by atoms with E-state index in [0.717, 1.165) is 16.6 Å². The highest BCUT2D eigenvalue weighted by Gasteiger charge is 2.37. The Labute approximate surface area is 201 Å². The Balaban J connectivity index is 1.49. The van der Waals surface area contributed by atoms with Gasteiger partial charge in [-0.2, -0.15) is 5.10 Å². The maximum Gasteiger partial charge on any atom is 0.255 e. The van der Waals surface area contributed by atoms with Crippen LogP contribution in [0.3, 0.4) is 0 Å². The molecule has 2 aromatic heterocycles. The quantitative estimate of drug-likeness (QED) is 0.420. The topological polar surface area (TPSA) is 111 Å². The first-order valence-electron chi connectivity index (χ1n) is 11.5. The van der Waals surface area contributed by atoms with Crippen LogP contribution < -0.4 is 11.1 Å². The van der Waals surface area contributed by atoms with Gasteiger partial charge in [-0.1, -0.05) is 12.5 Å². The monoisotopic (exact) mass is 475 g/mol. The minimum Gasteiger partial charge on any atom is -0.373 e. The molecular weight excluding hydrogens is 449 g/mol. The Kier molecular flexibility index (Phi) is 5.76. The van der Waals surface area contributed by atoms with Crippen LogP contribution in [-0.2, 0) is 4.79 Å². The first-order chi connectivity index (χ1) is 16.9. The van der Waals surface area contributed by atoms with Crippen LogP contribution in [0.15, 0.2) is 37.2 Å². The maximum atomic E-state index is 13.6. The van der Waals surface area contributed by atoms with Crippen LogP contribution >= 0.6 is 0 Å². The highest BCUT2D eigenvalue weighted by atomic mass is 19.1. The Morgan fingerprint density at radius 2 is 2.11 bits per heavy atom. The number of nitrogens with zero attached hydrogens (tertiary/aromatic N) is 5. The fourth-order valence-electron chi connectivity index (χ4n) is 4.75. The summed E-state index contributed by atoms with van der Waals surface area (Å²) in [6, 6.07) is 5.41. The number of amides is 2. The number of primary amides is 1. The van der Waals surface area contributed by atoms with E-state index in [1.165, 1.54) is 23.8 Å². The molecule has 9 nitrogen and oxygen atoms in total. The number of alkyl halides is 1. The average Bonchev–Trinajstić information content (AvgIpc) is 3.31. The van der Waals surface area contributed by atoms with E-state index >= 15 is 0 Å². The number of rotatable bonds is 6. The van der Waals surface area contributed by atoms with E-state index < -0.39 is 18.6 Å². The molecule has 35 heavy (non-hydrogen) atoms. The molecule has 2 fully saturated rings. The van der Waals surface area contributed by atoms with Gasteiger partial charge in [0.1, 0.15) is 18.1 Å². The summed E-state index contributed by atoms with van der Waals surface area (Å²) in [5.41, 5.74) is 8.72. The van der Waals surface area contributed by atoms with E-state index in [9.17, 15) is 14.0 Å². The highest BCUT2D eigenvalue weighted by molar-refractivity contribution is 6.00. The summed E-state index contributed by atoms with van der Waals surface area (Å²) in [4.78, 5) is 30.4. The van der Waals surface area contributed by atoms with Crippen LogP contribution in [0.2, 0.25) is 0 Å². The molecular formula is C25H26FN7O2. The van der Waals surface area contributed by atoms with Crippen LogP contribution in [0.5, 0.6) is 0 Å². The second-order valence-corrected chi connectivity index (χ2v) is 8.86. The van der Waals surface area contributed by atoms with Crippen LogP contribution in [-0.4, -0.2) is 62.4 Å². The third-order valence-electron chi connectivity index (χ3n) is 6.61. The van der Waals surface area contributed by atoms with E-state index in [1.54, 1.807) is 11.7 Å². The van der Waals surface area contributed by atoms with Crippen molar-refractivity contribution in [2.45, 2.75) is 37.4 Å². The van der Waals surface area contributed by atoms with Crippen molar-refractivity contribution in [1.29, 1.82) is 0 Å². The number of anilines is 1. The van der Waals surface area contributed by atoms with Gasteiger partial charge in [0, 0.05) is 25.2 Å². The van der Waals surface area contributed by atoms with Gasteiger partial charge in [0.2, 0.25) is 5.91 Å². The lowest BCUT2D eigenvalue weighted by atomic mass is 10.1. The first-order valence-corrected chi connectivity index (χ1v) is 11.5. The molecule has 1 aromatic carbocycles. The molecule has 1 aliphatic carbocycles. The van der Waals surface area contributed by atoms with Crippen molar-refractivity contribution in [2.24, 2.45) is 5.73 Å². The smallest absolute Gasteiger partial charge is 0.255 e. The van der Waals surface area contributed by atoms with Crippen molar-refractivity contribution in [2.75, 3.05) is 25.6 Å². The molecule has 1 saturated carbocycles. The number of hydrogen-bond donors (Lipinski definition) is 2. The molecule has 5 rings (SSSR count). The summed E-state index contributed by atoms with van der Waals surface area (Å²) in [5, 5.41) is 7.54. The van der Waals surface area contributed by atoms with E-state index in [-0.39, 0.29) is 29.8 Å². The number of fused-ring (bicyclic) bond motifs is 1. The SMILES string of the molecule is C=CC(=O)N1C[C@@H](n2nc(C#Cc3ccc4c(c3)ncn4C3CC3)c(C(N)=O)c2NC)C[C@@H]1CF. The van der Waals surface area contributed by atoms with Crippen molar-refractivity contribution in [3.8, 4) is 11.8 Å². The summed E-state index contributed by atoms with van der Waals surface area (Å²) >= 11 is 0. The number of nitrogens with one attached hydrogen (secondary N) is 1. The zero-order valence-corrected chi connectivity index (χ0v) is 19.4. The van der Waals surface area contributed by atoms with Gasteiger partial charge in [-0.25, -0.2) is 14.1 Å². The number of likely N-dealkylation sites (tertiary alicyclic amines) is 1. The number of benzene rings is 1. The molecule has 3 aromatic rings. The van der Waals surface area contributed by atoms with E-state index in [2.05, 4.69) is 38.4 Å². The molecule has 3 heterocycles. The van der Waals surface area contributed by atoms with Gasteiger partial charge in [-0.3, -0.25) is 9.59 Å². The summed E-state index contributed by atoms with van der Waals surface area (Å²) < 4.78 is 17.4. The standard InChI is InChI=1S/C25H26FN7O2/c1-3-22(34)31-13-18(11-17(31)12-26)33-25(28-2)23(24(27)35)19(30-33)8-4-15-5-9-21-20(10-15)29-14-32(21)16-6-7-16/h3,5,9-10,14,16-18,28H,1,6-7,11-13H2,2H3,(H2,27,35)/t17-,18+/m1/s1.